The Morgan fingerprint density at radius 3 is 2.29 bits per heavy atom. The third-order valence-corrected chi connectivity index (χ3v) is 4.10. The summed E-state index contributed by atoms with van der Waals surface area (Å²) in [6.45, 7) is 8.57. The number of hydrogen-bond acceptors (Lipinski definition) is 4. The van der Waals surface area contributed by atoms with Crippen molar-refractivity contribution in [3.8, 4) is 6.07 Å². The molecular weight excluding hydrogens is 304 g/mol. The van der Waals surface area contributed by atoms with Crippen LogP contribution in [-0.4, -0.2) is 48.9 Å². The lowest BCUT2D eigenvalue weighted by Gasteiger charge is -2.34. The van der Waals surface area contributed by atoms with Gasteiger partial charge in [0.15, 0.2) is 5.78 Å². The first-order chi connectivity index (χ1) is 11.3. The van der Waals surface area contributed by atoms with Gasteiger partial charge in [0.1, 0.15) is 0 Å². The molecule has 1 unspecified atom stereocenters. The quantitative estimate of drug-likeness (QED) is 0.828. The number of Topliss-reactive ketones (excluding diaryl/α,β-unsaturated/α-hetero) is 1. The van der Waals surface area contributed by atoms with Crippen molar-refractivity contribution in [2.24, 2.45) is 5.41 Å². The molecule has 2 rings (SSSR count). The van der Waals surface area contributed by atoms with Gasteiger partial charge in [-0.25, -0.2) is 4.79 Å². The molecule has 1 fully saturated rings. The predicted octanol–water partition coefficient (Wildman–Crippen LogP) is 1.77. The zero-order valence-electron chi connectivity index (χ0n) is 14.4. The van der Waals surface area contributed by atoms with Gasteiger partial charge in [-0.3, -0.25) is 4.79 Å². The summed E-state index contributed by atoms with van der Waals surface area (Å²) in [7, 11) is 0. The first-order valence-corrected chi connectivity index (χ1v) is 8.13. The molecule has 1 aliphatic rings. The molecule has 1 atom stereocenters. The second-order valence-electron chi connectivity index (χ2n) is 7.04. The largest absolute Gasteiger partial charge is 0.327 e. The highest BCUT2D eigenvalue weighted by Gasteiger charge is 2.34. The topological polar surface area (TPSA) is 85.2 Å². The maximum atomic E-state index is 12.9. The van der Waals surface area contributed by atoms with Crippen LogP contribution in [0.1, 0.15) is 36.7 Å². The minimum Gasteiger partial charge on any atom is -0.327 e. The van der Waals surface area contributed by atoms with Gasteiger partial charge in [-0.1, -0.05) is 32.9 Å². The van der Waals surface area contributed by atoms with E-state index in [9.17, 15) is 9.59 Å². The Hall–Kier alpha value is -2.39. The fourth-order valence-electron chi connectivity index (χ4n) is 2.63. The van der Waals surface area contributed by atoms with Crippen LogP contribution >= 0.6 is 0 Å². The molecule has 1 aromatic rings. The smallest absolute Gasteiger partial charge is 0.318 e. The average molecular weight is 328 g/mol. The number of nitrogens with zero attached hydrogens (tertiary/aromatic N) is 2. The minimum atomic E-state index is -0.632. The molecule has 1 aliphatic heterocycles. The van der Waals surface area contributed by atoms with E-state index in [0.29, 0.717) is 24.2 Å². The van der Waals surface area contributed by atoms with Crippen LogP contribution in [0.3, 0.4) is 0 Å². The van der Waals surface area contributed by atoms with Crippen molar-refractivity contribution >= 4 is 11.8 Å². The number of carbonyl (C=O) groups excluding carboxylic acids is 2. The minimum absolute atomic E-state index is 0.143. The fraction of sp³-hybridized carbons (Fsp3) is 0.500. The van der Waals surface area contributed by atoms with E-state index in [1.54, 1.807) is 29.2 Å². The van der Waals surface area contributed by atoms with Crippen LogP contribution in [0, 0.1) is 16.7 Å². The van der Waals surface area contributed by atoms with Gasteiger partial charge in [0, 0.05) is 31.7 Å². The first-order valence-electron chi connectivity index (χ1n) is 8.13. The van der Waals surface area contributed by atoms with Gasteiger partial charge >= 0.3 is 6.03 Å². The molecule has 2 amide bonds. The summed E-state index contributed by atoms with van der Waals surface area (Å²) in [5.41, 5.74) is 0.576. The molecule has 6 heteroatoms. The van der Waals surface area contributed by atoms with E-state index in [4.69, 9.17) is 5.26 Å². The van der Waals surface area contributed by atoms with Gasteiger partial charge in [0.05, 0.1) is 17.7 Å². The second kappa shape index (κ2) is 7.45. The lowest BCUT2D eigenvalue weighted by molar-refractivity contribution is 0.0861. The molecule has 0 spiro atoms. The van der Waals surface area contributed by atoms with E-state index < -0.39 is 11.5 Å². The summed E-state index contributed by atoms with van der Waals surface area (Å²) in [4.78, 5) is 27.1. The summed E-state index contributed by atoms with van der Waals surface area (Å²) in [5, 5.41) is 15.0. The van der Waals surface area contributed by atoms with Crippen LogP contribution in [0.5, 0.6) is 0 Å². The Bertz CT molecular complexity index is 634. The van der Waals surface area contributed by atoms with Crippen molar-refractivity contribution in [1.29, 1.82) is 5.26 Å². The number of hydrogen-bond donors (Lipinski definition) is 2. The normalized spacial score (nSPS) is 16.2. The molecule has 0 radical (unpaired) electrons. The third kappa shape index (κ3) is 4.33. The van der Waals surface area contributed by atoms with Crippen molar-refractivity contribution in [3.05, 3.63) is 35.4 Å². The Morgan fingerprint density at radius 2 is 1.79 bits per heavy atom. The molecule has 0 aromatic heterocycles. The monoisotopic (exact) mass is 328 g/mol. The second-order valence-corrected chi connectivity index (χ2v) is 7.04. The van der Waals surface area contributed by atoms with Gasteiger partial charge in [-0.05, 0) is 17.5 Å². The lowest BCUT2D eigenvalue weighted by Crippen LogP contribution is -2.56. The van der Waals surface area contributed by atoms with Gasteiger partial charge in [-0.2, -0.15) is 5.26 Å². The summed E-state index contributed by atoms with van der Waals surface area (Å²) < 4.78 is 0. The SMILES string of the molecule is CC(C)(C)C(NC(=O)N1CCNCC1)C(=O)c1ccc(C#N)cc1. The molecule has 0 bridgehead atoms. The third-order valence-electron chi connectivity index (χ3n) is 4.10. The van der Waals surface area contributed by atoms with E-state index in [-0.39, 0.29) is 11.8 Å². The van der Waals surface area contributed by atoms with Gasteiger partial charge in [-0.15, -0.1) is 0 Å². The maximum absolute atomic E-state index is 12.9. The van der Waals surface area contributed by atoms with Crippen LogP contribution in [0.2, 0.25) is 0 Å². The van der Waals surface area contributed by atoms with E-state index in [0.717, 1.165) is 13.1 Å². The number of urea groups is 1. The average Bonchev–Trinajstić information content (AvgIpc) is 2.58. The van der Waals surface area contributed by atoms with E-state index in [1.165, 1.54) is 0 Å². The molecular formula is C18H24N4O2. The van der Waals surface area contributed by atoms with Crippen LogP contribution in [-0.2, 0) is 0 Å². The Morgan fingerprint density at radius 1 is 1.21 bits per heavy atom. The van der Waals surface area contributed by atoms with Gasteiger partial charge in [0.2, 0.25) is 0 Å². The fourth-order valence-corrected chi connectivity index (χ4v) is 2.63. The number of rotatable bonds is 3. The highest BCUT2D eigenvalue weighted by Crippen LogP contribution is 2.23. The standard InChI is InChI=1S/C18H24N4O2/c1-18(2,3)16(21-17(24)22-10-8-20-9-11-22)15(23)14-6-4-13(12-19)5-7-14/h4-7,16,20H,8-11H2,1-3H3,(H,21,24). The van der Waals surface area contributed by atoms with Crippen molar-refractivity contribution in [1.82, 2.24) is 15.5 Å². The first kappa shape index (κ1) is 18.0. The maximum Gasteiger partial charge on any atom is 0.318 e. The summed E-state index contributed by atoms with van der Waals surface area (Å²) >= 11 is 0. The number of nitrogens with one attached hydrogen (secondary N) is 2. The van der Waals surface area contributed by atoms with Crippen LogP contribution in [0.25, 0.3) is 0 Å². The Labute approximate surface area is 142 Å². The Kier molecular flexibility index (Phi) is 5.58. The van der Waals surface area contributed by atoms with Crippen molar-refractivity contribution in [2.45, 2.75) is 26.8 Å². The van der Waals surface area contributed by atoms with Gasteiger partial charge < -0.3 is 15.5 Å². The number of piperazine rings is 1. The molecule has 1 aromatic carbocycles. The highest BCUT2D eigenvalue weighted by molar-refractivity contribution is 6.02. The number of ketones is 1. The van der Waals surface area contributed by atoms with Gasteiger partial charge in [0.25, 0.3) is 0 Å². The van der Waals surface area contributed by atoms with E-state index in [1.807, 2.05) is 26.8 Å². The van der Waals surface area contributed by atoms with Crippen LogP contribution in [0.15, 0.2) is 24.3 Å². The number of benzene rings is 1. The summed E-state index contributed by atoms with van der Waals surface area (Å²) in [5.74, 6) is -0.143. The molecule has 6 nitrogen and oxygen atoms in total. The van der Waals surface area contributed by atoms with Crippen LogP contribution < -0.4 is 10.6 Å². The summed E-state index contributed by atoms with van der Waals surface area (Å²) in [6, 6.07) is 7.70. The highest BCUT2D eigenvalue weighted by atomic mass is 16.2. The molecule has 0 saturated carbocycles. The molecule has 2 N–H and O–H groups in total. The zero-order valence-corrected chi connectivity index (χ0v) is 14.4. The predicted molar refractivity (Wildman–Crippen MR) is 91.7 cm³/mol. The summed E-state index contributed by atoms with van der Waals surface area (Å²) in [6.07, 6.45) is 0. The van der Waals surface area contributed by atoms with Crippen LogP contribution in [0.4, 0.5) is 4.79 Å². The Balaban J connectivity index is 2.16. The van der Waals surface area contributed by atoms with Crippen molar-refractivity contribution < 1.29 is 9.59 Å². The van der Waals surface area contributed by atoms with E-state index in [2.05, 4.69) is 10.6 Å². The number of carbonyl (C=O) groups is 2. The van der Waals surface area contributed by atoms with Crippen molar-refractivity contribution in [2.75, 3.05) is 26.2 Å². The zero-order chi connectivity index (χ0) is 17.7. The molecule has 1 saturated heterocycles. The van der Waals surface area contributed by atoms with E-state index >= 15 is 0 Å². The molecule has 128 valence electrons. The number of nitriles is 1. The molecule has 0 aliphatic carbocycles. The lowest BCUT2D eigenvalue weighted by atomic mass is 9.82. The molecule has 1 heterocycles. The van der Waals surface area contributed by atoms with Crippen molar-refractivity contribution in [3.63, 3.8) is 0 Å². The molecule has 24 heavy (non-hydrogen) atoms. The number of amides is 2.